The lowest BCUT2D eigenvalue weighted by molar-refractivity contribution is 0.682. The zero-order valence-electron chi connectivity index (χ0n) is 5.49. The zero-order valence-corrected chi connectivity index (χ0v) is 6.25. The molecule has 1 radical (unpaired) electrons. The summed E-state index contributed by atoms with van der Waals surface area (Å²) in [5.74, 6) is 0. The highest BCUT2D eigenvalue weighted by molar-refractivity contribution is 6.20. The number of rotatable bonds is 4. The van der Waals surface area contributed by atoms with Gasteiger partial charge in [-0.3, -0.25) is 0 Å². The average molecular weight is 134 g/mol. The summed E-state index contributed by atoms with van der Waals surface area (Å²) in [6.45, 7) is 5.87. The molecule has 0 nitrogen and oxygen atoms in total. The first-order valence-corrected chi connectivity index (χ1v) is 3.68. The van der Waals surface area contributed by atoms with Crippen LogP contribution >= 0.6 is 11.6 Å². The van der Waals surface area contributed by atoms with Crippen molar-refractivity contribution in [2.24, 2.45) is 0 Å². The molecule has 8 heavy (non-hydrogen) atoms. The minimum atomic E-state index is 0.373. The summed E-state index contributed by atoms with van der Waals surface area (Å²) in [4.78, 5) is 0. The Morgan fingerprint density at radius 3 is 2.50 bits per heavy atom. The Morgan fingerprint density at radius 1 is 1.50 bits per heavy atom. The first-order chi connectivity index (χ1) is 3.81. The van der Waals surface area contributed by atoms with Crippen LogP contribution in [0.4, 0.5) is 0 Å². The topological polar surface area (TPSA) is 0 Å². The van der Waals surface area contributed by atoms with Crippen LogP contribution < -0.4 is 0 Å². The summed E-state index contributed by atoms with van der Waals surface area (Å²) in [7, 11) is 0. The van der Waals surface area contributed by atoms with Crippen LogP contribution in [0.15, 0.2) is 0 Å². The molecule has 0 aliphatic rings. The maximum absolute atomic E-state index is 5.84. The third-order valence-electron chi connectivity index (χ3n) is 1.12. The van der Waals surface area contributed by atoms with E-state index in [-0.39, 0.29) is 0 Å². The molecule has 0 N–H and O–H groups in total. The van der Waals surface area contributed by atoms with Gasteiger partial charge in [-0.2, -0.15) is 0 Å². The van der Waals surface area contributed by atoms with Gasteiger partial charge in [-0.15, -0.1) is 11.6 Å². The Morgan fingerprint density at radius 2 is 2.12 bits per heavy atom. The van der Waals surface area contributed by atoms with Crippen molar-refractivity contribution in [3.05, 3.63) is 6.92 Å². The predicted molar refractivity (Wildman–Crippen MR) is 39.1 cm³/mol. The van der Waals surface area contributed by atoms with Gasteiger partial charge in [0, 0.05) is 5.38 Å². The molecule has 0 aromatic carbocycles. The molecule has 1 heteroatoms. The molecule has 0 heterocycles. The van der Waals surface area contributed by atoms with E-state index in [1.807, 2.05) is 0 Å². The van der Waals surface area contributed by atoms with Gasteiger partial charge in [0.1, 0.15) is 0 Å². The van der Waals surface area contributed by atoms with Gasteiger partial charge in [-0.1, -0.05) is 26.7 Å². The van der Waals surface area contributed by atoms with Crippen molar-refractivity contribution >= 4 is 11.6 Å². The molecule has 0 aliphatic carbocycles. The van der Waals surface area contributed by atoms with Crippen LogP contribution in [0, 0.1) is 6.92 Å². The number of hydrogen-bond acceptors (Lipinski definition) is 0. The molecule has 1 atom stereocenters. The van der Waals surface area contributed by atoms with Crippen LogP contribution in [0.3, 0.4) is 0 Å². The maximum Gasteiger partial charge on any atom is 0.0336 e. The highest BCUT2D eigenvalue weighted by Gasteiger charge is 1.98. The molecule has 0 amide bonds. The largest absolute Gasteiger partial charge is 0.123 e. The summed E-state index contributed by atoms with van der Waals surface area (Å²) in [6, 6.07) is 0. The van der Waals surface area contributed by atoms with E-state index in [1.165, 1.54) is 6.42 Å². The van der Waals surface area contributed by atoms with Crippen LogP contribution in [0.1, 0.15) is 32.6 Å². The summed E-state index contributed by atoms with van der Waals surface area (Å²) >= 11 is 5.84. The Hall–Kier alpha value is 0.290. The predicted octanol–water partition coefficient (Wildman–Crippen LogP) is 3.01. The first kappa shape index (κ1) is 8.29. The third-order valence-corrected chi connectivity index (χ3v) is 1.56. The Bertz CT molecular complexity index is 37.7. The van der Waals surface area contributed by atoms with Crippen LogP contribution in [0.25, 0.3) is 0 Å². The fourth-order valence-corrected chi connectivity index (χ4v) is 1.05. The van der Waals surface area contributed by atoms with Crippen molar-refractivity contribution < 1.29 is 0 Å². The Labute approximate surface area is 57.2 Å². The number of halogens is 1. The lowest BCUT2D eigenvalue weighted by Gasteiger charge is -2.02. The number of hydrogen-bond donors (Lipinski definition) is 0. The first-order valence-electron chi connectivity index (χ1n) is 3.24. The Balaban J connectivity index is 2.92. The molecule has 0 bridgehead atoms. The molecular formula is C7H14Cl. The molecule has 1 unspecified atom stereocenters. The summed E-state index contributed by atoms with van der Waals surface area (Å²) in [5.41, 5.74) is 0. The van der Waals surface area contributed by atoms with Crippen LogP contribution in [-0.2, 0) is 0 Å². The van der Waals surface area contributed by atoms with E-state index in [9.17, 15) is 0 Å². The standard InChI is InChI=1S/C7H14Cl/c1-3-5-7(8)6-4-2/h7H,1,3-6H2,2H3. The smallest absolute Gasteiger partial charge is 0.0336 e. The molecule has 0 fully saturated rings. The summed E-state index contributed by atoms with van der Waals surface area (Å²) < 4.78 is 0. The molecule has 0 spiro atoms. The van der Waals surface area contributed by atoms with Crippen molar-refractivity contribution in [2.75, 3.05) is 0 Å². The highest BCUT2D eigenvalue weighted by Crippen LogP contribution is 2.10. The van der Waals surface area contributed by atoms with Crippen LogP contribution in [0.5, 0.6) is 0 Å². The molecule has 0 aromatic heterocycles. The molecule has 0 saturated heterocycles. The normalized spacial score (nSPS) is 10.5. The summed E-state index contributed by atoms with van der Waals surface area (Å²) in [6.07, 6.45) is 4.36. The molecule has 0 saturated carbocycles. The minimum Gasteiger partial charge on any atom is -0.123 e. The quantitative estimate of drug-likeness (QED) is 0.518. The monoisotopic (exact) mass is 133 g/mol. The van der Waals surface area contributed by atoms with E-state index in [0.29, 0.717) is 5.38 Å². The van der Waals surface area contributed by atoms with E-state index >= 15 is 0 Å². The van der Waals surface area contributed by atoms with Crippen molar-refractivity contribution in [1.82, 2.24) is 0 Å². The lowest BCUT2D eigenvalue weighted by Crippen LogP contribution is -1.95. The van der Waals surface area contributed by atoms with Crippen molar-refractivity contribution in [1.29, 1.82) is 0 Å². The van der Waals surface area contributed by atoms with Gasteiger partial charge in [0.05, 0.1) is 0 Å². The SMILES string of the molecule is [CH2]CCC(Cl)CCC. The van der Waals surface area contributed by atoms with E-state index < -0.39 is 0 Å². The van der Waals surface area contributed by atoms with Gasteiger partial charge in [0.15, 0.2) is 0 Å². The van der Waals surface area contributed by atoms with Gasteiger partial charge < -0.3 is 0 Å². The third kappa shape index (κ3) is 4.45. The van der Waals surface area contributed by atoms with E-state index in [1.54, 1.807) is 0 Å². The molecule has 49 valence electrons. The lowest BCUT2D eigenvalue weighted by atomic mass is 10.2. The van der Waals surface area contributed by atoms with E-state index in [0.717, 1.165) is 19.3 Å². The van der Waals surface area contributed by atoms with Crippen LogP contribution in [-0.4, -0.2) is 5.38 Å². The van der Waals surface area contributed by atoms with Gasteiger partial charge >= 0.3 is 0 Å². The molecule has 0 aromatic rings. The second-order valence-electron chi connectivity index (χ2n) is 2.03. The van der Waals surface area contributed by atoms with Gasteiger partial charge in [0.25, 0.3) is 0 Å². The second kappa shape index (κ2) is 5.43. The zero-order chi connectivity index (χ0) is 6.41. The molecule has 0 aliphatic heterocycles. The minimum absolute atomic E-state index is 0.373. The second-order valence-corrected chi connectivity index (χ2v) is 2.65. The van der Waals surface area contributed by atoms with E-state index in [4.69, 9.17) is 11.6 Å². The van der Waals surface area contributed by atoms with Gasteiger partial charge in [0.2, 0.25) is 0 Å². The number of alkyl halides is 1. The highest BCUT2D eigenvalue weighted by atomic mass is 35.5. The summed E-state index contributed by atoms with van der Waals surface area (Å²) in [5, 5.41) is 0.373. The molecular weight excluding hydrogens is 120 g/mol. The average Bonchev–Trinajstić information content (AvgIpc) is 1.68. The molecule has 0 rings (SSSR count). The van der Waals surface area contributed by atoms with Gasteiger partial charge in [-0.05, 0) is 12.8 Å². The fraction of sp³-hybridized carbons (Fsp3) is 0.857. The fourth-order valence-electron chi connectivity index (χ4n) is 0.679. The van der Waals surface area contributed by atoms with Crippen molar-refractivity contribution in [3.8, 4) is 0 Å². The van der Waals surface area contributed by atoms with Gasteiger partial charge in [-0.25, -0.2) is 0 Å². The van der Waals surface area contributed by atoms with E-state index in [2.05, 4.69) is 13.8 Å². The maximum atomic E-state index is 5.84. The van der Waals surface area contributed by atoms with Crippen molar-refractivity contribution in [3.63, 3.8) is 0 Å². The Kier molecular flexibility index (Phi) is 5.62. The van der Waals surface area contributed by atoms with Crippen molar-refractivity contribution in [2.45, 2.75) is 38.0 Å². The van der Waals surface area contributed by atoms with Crippen LogP contribution in [0.2, 0.25) is 0 Å².